The largest absolute Gasteiger partial charge is 0.338 e. The number of aryl methyl sites for hydroxylation is 1. The molecule has 4 heteroatoms. The van der Waals surface area contributed by atoms with E-state index < -0.39 is 0 Å². The third-order valence-electron chi connectivity index (χ3n) is 4.37. The molecule has 0 saturated carbocycles. The number of carbonyl (C=O) groups is 1. The summed E-state index contributed by atoms with van der Waals surface area (Å²) in [4.78, 5) is 20.3. The Morgan fingerprint density at radius 1 is 1.00 bits per heavy atom. The Hall–Kier alpha value is -3.40. The number of H-pyrrole nitrogens is 1. The van der Waals surface area contributed by atoms with Gasteiger partial charge in [0.15, 0.2) is 0 Å². The number of anilines is 1. The lowest BCUT2D eigenvalue weighted by Gasteiger charge is -2.09. The molecule has 3 aromatic carbocycles. The summed E-state index contributed by atoms with van der Waals surface area (Å²) < 4.78 is 0. The predicted octanol–water partition coefficient (Wildman–Crippen LogP) is 4.72. The van der Waals surface area contributed by atoms with E-state index in [1.165, 1.54) is 0 Å². The Morgan fingerprint density at radius 3 is 2.58 bits per heavy atom. The van der Waals surface area contributed by atoms with Crippen LogP contribution in [0, 0.1) is 6.92 Å². The molecule has 26 heavy (non-hydrogen) atoms. The Kier molecular flexibility index (Phi) is 4.23. The molecule has 0 aliphatic carbocycles. The van der Waals surface area contributed by atoms with Crippen molar-refractivity contribution in [1.82, 2.24) is 9.97 Å². The van der Waals surface area contributed by atoms with Gasteiger partial charge in [-0.3, -0.25) is 4.79 Å². The number of hydrogen-bond donors (Lipinski definition) is 2. The van der Waals surface area contributed by atoms with Gasteiger partial charge in [-0.05, 0) is 42.3 Å². The maximum atomic E-state index is 12.3. The van der Waals surface area contributed by atoms with E-state index in [1.54, 1.807) is 0 Å². The van der Waals surface area contributed by atoms with Crippen LogP contribution in [0.5, 0.6) is 0 Å². The highest BCUT2D eigenvalue weighted by Gasteiger charge is 2.10. The molecule has 1 aromatic heterocycles. The molecule has 128 valence electrons. The first-order chi connectivity index (χ1) is 12.7. The number of aromatic nitrogens is 2. The van der Waals surface area contributed by atoms with Crippen LogP contribution in [0.1, 0.15) is 11.1 Å². The van der Waals surface area contributed by atoms with Crippen molar-refractivity contribution in [2.75, 3.05) is 5.32 Å². The van der Waals surface area contributed by atoms with E-state index >= 15 is 0 Å². The van der Waals surface area contributed by atoms with Crippen molar-refractivity contribution in [3.8, 4) is 11.4 Å². The molecule has 0 atom stereocenters. The lowest BCUT2D eigenvalue weighted by molar-refractivity contribution is -0.115. The lowest BCUT2D eigenvalue weighted by Crippen LogP contribution is -2.14. The second-order valence-corrected chi connectivity index (χ2v) is 6.34. The zero-order valence-electron chi connectivity index (χ0n) is 14.5. The standard InChI is InChI=1S/C22H19N3O/c1-15-11-12-17(23-21(26)13-16-7-3-2-4-8-16)14-18(15)22-24-19-9-5-6-10-20(19)25-22/h2-12,14H,13H2,1H3,(H,23,26)(H,24,25). The summed E-state index contributed by atoms with van der Waals surface area (Å²) in [5.74, 6) is 0.776. The minimum Gasteiger partial charge on any atom is -0.338 e. The van der Waals surface area contributed by atoms with Gasteiger partial charge in [0.05, 0.1) is 17.5 Å². The van der Waals surface area contributed by atoms with Crippen molar-refractivity contribution in [3.05, 3.63) is 83.9 Å². The van der Waals surface area contributed by atoms with E-state index in [4.69, 9.17) is 0 Å². The number of amides is 1. The molecule has 1 heterocycles. The van der Waals surface area contributed by atoms with Gasteiger partial charge in [-0.2, -0.15) is 0 Å². The normalized spacial score (nSPS) is 10.8. The average molecular weight is 341 g/mol. The number of para-hydroxylation sites is 2. The number of fused-ring (bicyclic) bond motifs is 1. The van der Waals surface area contributed by atoms with Gasteiger partial charge in [-0.25, -0.2) is 4.98 Å². The van der Waals surface area contributed by atoms with Crippen molar-refractivity contribution < 1.29 is 4.79 Å². The van der Waals surface area contributed by atoms with E-state index in [0.29, 0.717) is 6.42 Å². The Balaban J connectivity index is 1.59. The molecule has 0 bridgehead atoms. The molecule has 1 amide bonds. The van der Waals surface area contributed by atoms with Crippen LogP contribution in [0.15, 0.2) is 72.8 Å². The topological polar surface area (TPSA) is 57.8 Å². The molecule has 4 nitrogen and oxygen atoms in total. The summed E-state index contributed by atoms with van der Waals surface area (Å²) in [6.45, 7) is 2.04. The lowest BCUT2D eigenvalue weighted by atomic mass is 10.1. The van der Waals surface area contributed by atoms with Gasteiger partial charge in [0.25, 0.3) is 0 Å². The Bertz CT molecular complexity index is 1030. The number of rotatable bonds is 4. The van der Waals surface area contributed by atoms with E-state index in [0.717, 1.165) is 39.2 Å². The number of aromatic amines is 1. The van der Waals surface area contributed by atoms with Gasteiger partial charge in [0, 0.05) is 11.3 Å². The summed E-state index contributed by atoms with van der Waals surface area (Å²) in [5.41, 5.74) is 5.78. The first kappa shape index (κ1) is 16.1. The fourth-order valence-electron chi connectivity index (χ4n) is 3.02. The fourth-order valence-corrected chi connectivity index (χ4v) is 3.02. The molecule has 4 rings (SSSR count). The first-order valence-electron chi connectivity index (χ1n) is 8.58. The van der Waals surface area contributed by atoms with Gasteiger partial charge < -0.3 is 10.3 Å². The SMILES string of the molecule is Cc1ccc(NC(=O)Cc2ccccc2)cc1-c1nc2ccccc2[nH]1. The maximum absolute atomic E-state index is 12.3. The van der Waals surface area contributed by atoms with Crippen LogP contribution in [0.3, 0.4) is 0 Å². The van der Waals surface area contributed by atoms with Crippen LogP contribution in [0.25, 0.3) is 22.4 Å². The highest BCUT2D eigenvalue weighted by molar-refractivity contribution is 5.93. The molecule has 0 saturated heterocycles. The molecule has 0 fully saturated rings. The van der Waals surface area contributed by atoms with E-state index in [1.807, 2.05) is 79.7 Å². The van der Waals surface area contributed by atoms with Crippen LogP contribution in [0.4, 0.5) is 5.69 Å². The van der Waals surface area contributed by atoms with Crippen molar-refractivity contribution in [2.45, 2.75) is 13.3 Å². The minimum absolute atomic E-state index is 0.0318. The zero-order chi connectivity index (χ0) is 17.9. The molecule has 0 aliphatic rings. The molecule has 0 unspecified atom stereocenters. The maximum Gasteiger partial charge on any atom is 0.228 e. The van der Waals surface area contributed by atoms with Gasteiger partial charge in [0.1, 0.15) is 5.82 Å². The van der Waals surface area contributed by atoms with Gasteiger partial charge in [-0.1, -0.05) is 48.5 Å². The molecular formula is C22H19N3O. The van der Waals surface area contributed by atoms with E-state index in [2.05, 4.69) is 15.3 Å². The van der Waals surface area contributed by atoms with Crippen LogP contribution in [-0.2, 0) is 11.2 Å². The quantitative estimate of drug-likeness (QED) is 0.564. The van der Waals surface area contributed by atoms with Crippen molar-refractivity contribution in [3.63, 3.8) is 0 Å². The number of carbonyl (C=O) groups excluding carboxylic acids is 1. The number of nitrogens with one attached hydrogen (secondary N) is 2. The smallest absolute Gasteiger partial charge is 0.228 e. The summed E-state index contributed by atoms with van der Waals surface area (Å²) in [6.07, 6.45) is 0.356. The molecule has 0 aliphatic heterocycles. The van der Waals surface area contributed by atoms with Crippen LogP contribution in [0.2, 0.25) is 0 Å². The van der Waals surface area contributed by atoms with Crippen molar-refractivity contribution in [1.29, 1.82) is 0 Å². The third-order valence-corrected chi connectivity index (χ3v) is 4.37. The number of imidazole rings is 1. The van der Waals surface area contributed by atoms with E-state index in [-0.39, 0.29) is 5.91 Å². The highest BCUT2D eigenvalue weighted by atomic mass is 16.1. The number of benzene rings is 3. The number of hydrogen-bond acceptors (Lipinski definition) is 2. The van der Waals surface area contributed by atoms with Gasteiger partial charge in [-0.15, -0.1) is 0 Å². The summed E-state index contributed by atoms with van der Waals surface area (Å²) >= 11 is 0. The third kappa shape index (κ3) is 3.35. The summed E-state index contributed by atoms with van der Waals surface area (Å²) in [7, 11) is 0. The van der Waals surface area contributed by atoms with Crippen LogP contribution >= 0.6 is 0 Å². The van der Waals surface area contributed by atoms with Crippen molar-refractivity contribution in [2.24, 2.45) is 0 Å². The summed E-state index contributed by atoms with van der Waals surface area (Å²) in [6, 6.07) is 23.6. The highest BCUT2D eigenvalue weighted by Crippen LogP contribution is 2.26. The van der Waals surface area contributed by atoms with Crippen LogP contribution in [-0.4, -0.2) is 15.9 Å². The predicted molar refractivity (Wildman–Crippen MR) is 105 cm³/mol. The van der Waals surface area contributed by atoms with E-state index in [9.17, 15) is 4.79 Å². The first-order valence-corrected chi connectivity index (χ1v) is 8.58. The second kappa shape index (κ2) is 6.84. The molecule has 2 N–H and O–H groups in total. The molecule has 4 aromatic rings. The van der Waals surface area contributed by atoms with Crippen molar-refractivity contribution >= 4 is 22.6 Å². The zero-order valence-corrected chi connectivity index (χ0v) is 14.5. The fraction of sp³-hybridized carbons (Fsp3) is 0.0909. The Morgan fingerprint density at radius 2 is 1.77 bits per heavy atom. The van der Waals surface area contributed by atoms with Gasteiger partial charge in [0.2, 0.25) is 5.91 Å². The average Bonchev–Trinajstić information content (AvgIpc) is 3.08. The monoisotopic (exact) mass is 341 g/mol. The second-order valence-electron chi connectivity index (χ2n) is 6.34. The number of nitrogens with zero attached hydrogens (tertiary/aromatic N) is 1. The van der Waals surface area contributed by atoms with Gasteiger partial charge >= 0.3 is 0 Å². The molecule has 0 radical (unpaired) electrons. The summed E-state index contributed by atoms with van der Waals surface area (Å²) in [5, 5.41) is 2.98. The molecular weight excluding hydrogens is 322 g/mol. The Labute approximate surface area is 151 Å². The molecule has 0 spiro atoms. The van der Waals surface area contributed by atoms with Crippen LogP contribution < -0.4 is 5.32 Å². The minimum atomic E-state index is -0.0318.